The molecular weight excluding hydrogens is 268 g/mol. The highest BCUT2D eigenvalue weighted by molar-refractivity contribution is 6.03. The first-order chi connectivity index (χ1) is 10.1. The third-order valence-electron chi connectivity index (χ3n) is 3.56. The van der Waals surface area contributed by atoms with E-state index in [4.69, 9.17) is 0 Å². The van der Waals surface area contributed by atoms with Crippen LogP contribution in [-0.2, 0) is 4.79 Å². The van der Waals surface area contributed by atoms with E-state index in [1.807, 2.05) is 0 Å². The van der Waals surface area contributed by atoms with Crippen LogP contribution in [0.1, 0.15) is 17.2 Å². The zero-order valence-corrected chi connectivity index (χ0v) is 11.4. The summed E-state index contributed by atoms with van der Waals surface area (Å²) in [7, 11) is 1.79. The van der Waals surface area contributed by atoms with E-state index >= 15 is 0 Å². The Hall–Kier alpha value is -2.82. The Labute approximate surface area is 121 Å². The van der Waals surface area contributed by atoms with Crippen LogP contribution in [0.4, 0.5) is 5.69 Å². The largest absolute Gasteiger partial charge is 0.508 e. The summed E-state index contributed by atoms with van der Waals surface area (Å²) in [4.78, 5) is 17.8. The van der Waals surface area contributed by atoms with Crippen molar-refractivity contribution in [3.8, 4) is 11.5 Å². The smallest absolute Gasteiger partial charge is 0.147 e. The lowest BCUT2D eigenvalue weighted by atomic mass is 10.0. The van der Waals surface area contributed by atoms with E-state index in [1.165, 1.54) is 0 Å². The minimum Gasteiger partial charge on any atom is -0.508 e. The number of hydrogen-bond acceptors (Lipinski definition) is 5. The fourth-order valence-electron chi connectivity index (χ4n) is 2.46. The molecule has 2 aromatic carbocycles. The maximum Gasteiger partial charge on any atom is 0.147 e. The lowest BCUT2D eigenvalue weighted by Gasteiger charge is -2.32. The molecule has 1 aliphatic rings. The van der Waals surface area contributed by atoms with Crippen molar-refractivity contribution in [1.29, 1.82) is 0 Å². The van der Waals surface area contributed by atoms with E-state index in [2.05, 4.69) is 4.99 Å². The van der Waals surface area contributed by atoms with Gasteiger partial charge in [-0.1, -0.05) is 6.07 Å². The number of phenolic OH excluding ortho intramolecular Hbond substituents is 2. The van der Waals surface area contributed by atoms with Crippen molar-refractivity contribution in [2.24, 2.45) is 4.99 Å². The average molecular weight is 282 g/mol. The highest BCUT2D eigenvalue weighted by Gasteiger charge is 2.27. The van der Waals surface area contributed by atoms with Gasteiger partial charge in [0.15, 0.2) is 0 Å². The van der Waals surface area contributed by atoms with Gasteiger partial charge >= 0.3 is 0 Å². The summed E-state index contributed by atoms with van der Waals surface area (Å²) in [5, 5.41) is 19.0. The number of hydrogen-bond donors (Lipinski definition) is 2. The third kappa shape index (κ3) is 2.23. The molecule has 0 aromatic heterocycles. The molecular formula is C16H14N2O3. The number of carbonyl (C=O) groups is 1. The number of benzene rings is 2. The molecule has 1 aliphatic heterocycles. The molecule has 0 bridgehead atoms. The molecule has 0 amide bonds. The van der Waals surface area contributed by atoms with E-state index in [9.17, 15) is 15.0 Å². The summed E-state index contributed by atoms with van der Waals surface area (Å²) in [5.74, 6) is 0.893. The maximum absolute atomic E-state index is 11.4. The highest BCUT2D eigenvalue weighted by atomic mass is 16.3. The van der Waals surface area contributed by atoms with Crippen LogP contribution in [0.15, 0.2) is 47.5 Å². The summed E-state index contributed by atoms with van der Waals surface area (Å²) >= 11 is 0. The number of nitrogens with zero attached hydrogens (tertiary/aromatic N) is 2. The Morgan fingerprint density at radius 2 is 1.76 bits per heavy atom. The average Bonchev–Trinajstić information content (AvgIpc) is 2.48. The Morgan fingerprint density at radius 3 is 2.43 bits per heavy atom. The molecule has 0 spiro atoms. The highest BCUT2D eigenvalue weighted by Crippen LogP contribution is 2.36. The van der Waals surface area contributed by atoms with Crippen LogP contribution in [-0.4, -0.2) is 34.3 Å². The lowest BCUT2D eigenvalue weighted by Crippen LogP contribution is -2.35. The Bertz CT molecular complexity index is 723. The SMILES string of the molecule is CN1C(c2ccc(O)cc2)=Nc2cc(O)ccc2C1C=O. The van der Waals surface area contributed by atoms with E-state index < -0.39 is 6.04 Å². The molecule has 0 aliphatic carbocycles. The normalized spacial score (nSPS) is 17.1. The number of carbonyl (C=O) groups excluding carboxylic acids is 1. The van der Waals surface area contributed by atoms with Gasteiger partial charge in [0.1, 0.15) is 29.7 Å². The van der Waals surface area contributed by atoms with Gasteiger partial charge in [0.2, 0.25) is 0 Å². The molecule has 1 heterocycles. The predicted molar refractivity (Wildman–Crippen MR) is 79.0 cm³/mol. The molecule has 5 heteroatoms. The minimum atomic E-state index is -0.457. The van der Waals surface area contributed by atoms with Crippen molar-refractivity contribution in [2.75, 3.05) is 7.05 Å². The zero-order chi connectivity index (χ0) is 15.0. The van der Waals surface area contributed by atoms with E-state index in [0.29, 0.717) is 11.5 Å². The summed E-state index contributed by atoms with van der Waals surface area (Å²) in [6.45, 7) is 0. The Balaban J connectivity index is 2.16. The van der Waals surface area contributed by atoms with E-state index in [1.54, 1.807) is 54.4 Å². The Morgan fingerprint density at radius 1 is 1.10 bits per heavy atom. The van der Waals surface area contributed by atoms with Crippen molar-refractivity contribution < 1.29 is 15.0 Å². The number of likely N-dealkylation sites (N-methyl/N-ethyl adjacent to an activating group) is 1. The van der Waals surface area contributed by atoms with Crippen LogP contribution in [0.3, 0.4) is 0 Å². The molecule has 21 heavy (non-hydrogen) atoms. The van der Waals surface area contributed by atoms with Gasteiger partial charge in [0, 0.05) is 24.2 Å². The second kappa shape index (κ2) is 4.94. The number of rotatable bonds is 2. The number of fused-ring (bicyclic) bond motifs is 1. The standard InChI is InChI=1S/C16H14N2O3/c1-18-15(9-19)13-7-6-12(21)8-14(13)17-16(18)10-2-4-11(20)5-3-10/h2-9,15,20-21H,1H3. The first kappa shape index (κ1) is 13.2. The molecule has 2 aromatic rings. The van der Waals surface area contributed by atoms with Gasteiger partial charge in [-0.25, -0.2) is 4.99 Å². The zero-order valence-electron chi connectivity index (χ0n) is 11.4. The fraction of sp³-hybridized carbons (Fsp3) is 0.125. The number of aldehydes is 1. The van der Waals surface area contributed by atoms with Crippen LogP contribution in [0.2, 0.25) is 0 Å². The van der Waals surface area contributed by atoms with Gasteiger partial charge in [-0.2, -0.15) is 0 Å². The molecule has 5 nitrogen and oxygen atoms in total. The minimum absolute atomic E-state index is 0.108. The lowest BCUT2D eigenvalue weighted by molar-refractivity contribution is -0.111. The van der Waals surface area contributed by atoms with Gasteiger partial charge in [0.25, 0.3) is 0 Å². The van der Waals surface area contributed by atoms with Crippen molar-refractivity contribution in [3.05, 3.63) is 53.6 Å². The van der Waals surface area contributed by atoms with Crippen LogP contribution >= 0.6 is 0 Å². The van der Waals surface area contributed by atoms with Crippen LogP contribution in [0.25, 0.3) is 0 Å². The molecule has 0 radical (unpaired) electrons. The van der Waals surface area contributed by atoms with Gasteiger partial charge in [-0.3, -0.25) is 0 Å². The number of aromatic hydroxyl groups is 2. The van der Waals surface area contributed by atoms with E-state index in [-0.39, 0.29) is 11.5 Å². The molecule has 0 saturated carbocycles. The molecule has 3 rings (SSSR count). The quantitative estimate of drug-likeness (QED) is 0.829. The van der Waals surface area contributed by atoms with Crippen molar-refractivity contribution in [1.82, 2.24) is 4.90 Å². The fourth-order valence-corrected chi connectivity index (χ4v) is 2.46. The van der Waals surface area contributed by atoms with Gasteiger partial charge in [-0.05, 0) is 30.3 Å². The van der Waals surface area contributed by atoms with Crippen LogP contribution in [0.5, 0.6) is 11.5 Å². The first-order valence-electron chi connectivity index (χ1n) is 6.49. The second-order valence-electron chi connectivity index (χ2n) is 4.92. The monoisotopic (exact) mass is 282 g/mol. The van der Waals surface area contributed by atoms with Crippen LogP contribution < -0.4 is 0 Å². The first-order valence-corrected chi connectivity index (χ1v) is 6.49. The molecule has 0 fully saturated rings. The van der Waals surface area contributed by atoms with Gasteiger partial charge in [-0.15, -0.1) is 0 Å². The summed E-state index contributed by atoms with van der Waals surface area (Å²) in [6.07, 6.45) is 0.852. The molecule has 106 valence electrons. The summed E-state index contributed by atoms with van der Waals surface area (Å²) < 4.78 is 0. The number of amidine groups is 1. The summed E-state index contributed by atoms with van der Waals surface area (Å²) in [6, 6.07) is 10.9. The summed E-state index contributed by atoms with van der Waals surface area (Å²) in [5.41, 5.74) is 2.12. The predicted octanol–water partition coefficient (Wildman–Crippen LogP) is 2.36. The van der Waals surface area contributed by atoms with E-state index in [0.717, 1.165) is 17.4 Å². The van der Waals surface area contributed by atoms with Crippen molar-refractivity contribution >= 4 is 17.8 Å². The maximum atomic E-state index is 11.4. The second-order valence-corrected chi connectivity index (χ2v) is 4.92. The van der Waals surface area contributed by atoms with Crippen LogP contribution in [0, 0.1) is 0 Å². The van der Waals surface area contributed by atoms with Gasteiger partial charge < -0.3 is 19.9 Å². The number of phenols is 2. The van der Waals surface area contributed by atoms with Crippen molar-refractivity contribution in [2.45, 2.75) is 6.04 Å². The molecule has 1 unspecified atom stereocenters. The van der Waals surface area contributed by atoms with Gasteiger partial charge in [0.05, 0.1) is 5.69 Å². The van der Waals surface area contributed by atoms with Crippen molar-refractivity contribution in [3.63, 3.8) is 0 Å². The molecule has 1 atom stereocenters. The Kier molecular flexibility index (Phi) is 3.10. The topological polar surface area (TPSA) is 73.1 Å². The molecule has 2 N–H and O–H groups in total. The third-order valence-corrected chi connectivity index (χ3v) is 3.56. The molecule has 0 saturated heterocycles. The number of aliphatic imine (C=N–C) groups is 1.